The van der Waals surface area contributed by atoms with Crippen LogP contribution in [0.5, 0.6) is 5.75 Å². The molecule has 1 aromatic rings. The maximum atomic E-state index is 8.97. The Morgan fingerprint density at radius 1 is 1.46 bits per heavy atom. The van der Waals surface area contributed by atoms with Crippen LogP contribution in [0, 0.1) is 11.3 Å². The summed E-state index contributed by atoms with van der Waals surface area (Å²) in [5, 5.41) is 26.6. The lowest BCUT2D eigenvalue weighted by Gasteiger charge is -2.08. The molecule has 0 spiro atoms. The van der Waals surface area contributed by atoms with E-state index in [2.05, 4.69) is 0 Å². The molecule has 66 valence electrons. The molecule has 0 aromatic heterocycles. The van der Waals surface area contributed by atoms with E-state index < -0.39 is 7.12 Å². The summed E-state index contributed by atoms with van der Waals surface area (Å²) in [7, 11) is -0.284. The van der Waals surface area contributed by atoms with Gasteiger partial charge in [0.05, 0.1) is 18.7 Å². The molecule has 0 saturated carbocycles. The van der Waals surface area contributed by atoms with Crippen LogP contribution in [0.4, 0.5) is 0 Å². The monoisotopic (exact) mass is 177 g/mol. The largest absolute Gasteiger partial charge is 0.497 e. The van der Waals surface area contributed by atoms with Crippen molar-refractivity contribution in [3.05, 3.63) is 23.8 Å². The fourth-order valence-corrected chi connectivity index (χ4v) is 1.09. The van der Waals surface area contributed by atoms with Gasteiger partial charge in [-0.15, -0.1) is 0 Å². The molecule has 0 heterocycles. The molecular formula is C8H8BNO3. The Morgan fingerprint density at radius 2 is 2.15 bits per heavy atom. The number of hydrogen-bond acceptors (Lipinski definition) is 4. The molecule has 0 fully saturated rings. The van der Waals surface area contributed by atoms with Gasteiger partial charge in [0.1, 0.15) is 5.75 Å². The van der Waals surface area contributed by atoms with Gasteiger partial charge < -0.3 is 14.8 Å². The van der Waals surface area contributed by atoms with Crippen molar-refractivity contribution in [1.29, 1.82) is 5.26 Å². The second-order valence-electron chi connectivity index (χ2n) is 2.41. The number of methoxy groups -OCH3 is 1. The topological polar surface area (TPSA) is 73.5 Å². The van der Waals surface area contributed by atoms with Crippen molar-refractivity contribution in [2.24, 2.45) is 0 Å². The summed E-state index contributed by atoms with van der Waals surface area (Å²) in [5.41, 5.74) is 0.307. The molecule has 0 atom stereocenters. The van der Waals surface area contributed by atoms with Gasteiger partial charge in [0.2, 0.25) is 0 Å². The molecule has 5 heteroatoms. The predicted molar refractivity (Wildman–Crippen MR) is 47.5 cm³/mol. The minimum absolute atomic E-state index is 0.104. The van der Waals surface area contributed by atoms with Crippen molar-refractivity contribution < 1.29 is 14.8 Å². The molecule has 1 aromatic carbocycles. The van der Waals surface area contributed by atoms with Crippen molar-refractivity contribution in [3.63, 3.8) is 0 Å². The van der Waals surface area contributed by atoms with Gasteiger partial charge in [-0.1, -0.05) is 6.07 Å². The van der Waals surface area contributed by atoms with Gasteiger partial charge in [0.25, 0.3) is 0 Å². The Hall–Kier alpha value is -1.51. The molecule has 0 amide bonds. The minimum atomic E-state index is -1.69. The van der Waals surface area contributed by atoms with Crippen LogP contribution in [0.2, 0.25) is 0 Å². The van der Waals surface area contributed by atoms with Gasteiger partial charge >= 0.3 is 7.12 Å². The molecular weight excluding hydrogens is 169 g/mol. The third-order valence-electron chi connectivity index (χ3n) is 1.66. The summed E-state index contributed by atoms with van der Waals surface area (Å²) in [5.74, 6) is 0.300. The number of nitrogens with zero attached hydrogens (tertiary/aromatic N) is 1. The van der Waals surface area contributed by atoms with Crippen LogP contribution >= 0.6 is 0 Å². The van der Waals surface area contributed by atoms with Crippen LogP contribution in [-0.4, -0.2) is 24.3 Å². The zero-order chi connectivity index (χ0) is 9.84. The third-order valence-corrected chi connectivity index (χ3v) is 1.66. The van der Waals surface area contributed by atoms with E-state index in [1.165, 1.54) is 13.2 Å². The predicted octanol–water partition coefficient (Wildman–Crippen LogP) is -0.753. The van der Waals surface area contributed by atoms with E-state index in [0.29, 0.717) is 5.75 Å². The van der Waals surface area contributed by atoms with Crippen LogP contribution in [0.1, 0.15) is 5.56 Å². The first-order valence-electron chi connectivity index (χ1n) is 3.64. The van der Waals surface area contributed by atoms with Crippen molar-refractivity contribution >= 4 is 12.6 Å². The molecule has 0 aliphatic rings. The van der Waals surface area contributed by atoms with E-state index >= 15 is 0 Å². The maximum Gasteiger partial charge on any atom is 0.493 e. The fourth-order valence-electron chi connectivity index (χ4n) is 1.09. The van der Waals surface area contributed by atoms with Crippen LogP contribution in [0.25, 0.3) is 0 Å². The Morgan fingerprint density at radius 3 is 2.62 bits per heavy atom. The van der Waals surface area contributed by atoms with E-state index in [9.17, 15) is 0 Å². The zero-order valence-corrected chi connectivity index (χ0v) is 7.06. The average molecular weight is 177 g/mol. The molecule has 0 unspecified atom stereocenters. The van der Waals surface area contributed by atoms with E-state index in [1.54, 1.807) is 12.1 Å². The second kappa shape index (κ2) is 3.94. The lowest BCUT2D eigenvalue weighted by Crippen LogP contribution is -2.33. The molecule has 1 rings (SSSR count). The normalized spacial score (nSPS) is 9.08. The van der Waals surface area contributed by atoms with Crippen LogP contribution in [0.3, 0.4) is 0 Å². The summed E-state index contributed by atoms with van der Waals surface area (Å²) in [4.78, 5) is 0. The molecule has 0 aliphatic carbocycles. The van der Waals surface area contributed by atoms with Gasteiger partial charge in [0, 0.05) is 5.46 Å². The number of rotatable bonds is 2. The van der Waals surface area contributed by atoms with E-state index in [-0.39, 0.29) is 11.0 Å². The van der Waals surface area contributed by atoms with Crippen molar-refractivity contribution in [3.8, 4) is 11.8 Å². The van der Waals surface area contributed by atoms with Crippen LogP contribution in [0.15, 0.2) is 18.2 Å². The molecule has 0 aliphatic heterocycles. The average Bonchev–Trinajstić information content (AvgIpc) is 2.16. The standard InChI is InChI=1S/C8H8BNO3/c1-13-7-4-2-3-6(5-10)8(7)9(11)12/h2-4,11-12H,1H3. The molecule has 4 nitrogen and oxygen atoms in total. The quantitative estimate of drug-likeness (QED) is 0.582. The van der Waals surface area contributed by atoms with E-state index in [1.807, 2.05) is 6.07 Å². The molecule has 0 bridgehead atoms. The van der Waals surface area contributed by atoms with E-state index in [0.717, 1.165) is 0 Å². The van der Waals surface area contributed by atoms with Gasteiger partial charge in [-0.25, -0.2) is 0 Å². The Bertz CT molecular complexity index is 346. The maximum absolute atomic E-state index is 8.97. The highest BCUT2D eigenvalue weighted by Gasteiger charge is 2.20. The lowest BCUT2D eigenvalue weighted by atomic mass is 9.76. The first-order chi connectivity index (χ1) is 6.20. The van der Waals surface area contributed by atoms with Crippen LogP contribution < -0.4 is 10.2 Å². The second-order valence-corrected chi connectivity index (χ2v) is 2.41. The lowest BCUT2D eigenvalue weighted by molar-refractivity contribution is 0.403. The van der Waals surface area contributed by atoms with Gasteiger partial charge in [-0.2, -0.15) is 5.26 Å². The third kappa shape index (κ3) is 1.80. The first-order valence-corrected chi connectivity index (χ1v) is 3.64. The SMILES string of the molecule is COc1cccc(C#N)c1B(O)O. The van der Waals surface area contributed by atoms with Gasteiger partial charge in [0.15, 0.2) is 0 Å². The Balaban J connectivity index is 3.32. The van der Waals surface area contributed by atoms with Gasteiger partial charge in [-0.05, 0) is 12.1 Å². The fraction of sp³-hybridized carbons (Fsp3) is 0.125. The number of hydrogen-bond donors (Lipinski definition) is 2. The highest BCUT2D eigenvalue weighted by molar-refractivity contribution is 6.60. The number of benzene rings is 1. The summed E-state index contributed by atoms with van der Waals surface area (Å²) in [6, 6.07) is 6.53. The molecule has 13 heavy (non-hydrogen) atoms. The highest BCUT2D eigenvalue weighted by Crippen LogP contribution is 2.09. The number of ether oxygens (including phenoxy) is 1. The zero-order valence-electron chi connectivity index (χ0n) is 7.06. The molecule has 2 N–H and O–H groups in total. The number of nitriles is 1. The summed E-state index contributed by atoms with van der Waals surface area (Å²) in [6.45, 7) is 0. The van der Waals surface area contributed by atoms with E-state index in [4.69, 9.17) is 20.0 Å². The first kappa shape index (κ1) is 9.58. The summed E-state index contributed by atoms with van der Waals surface area (Å²) < 4.78 is 4.88. The highest BCUT2D eigenvalue weighted by atomic mass is 16.5. The summed E-state index contributed by atoms with van der Waals surface area (Å²) >= 11 is 0. The minimum Gasteiger partial charge on any atom is -0.497 e. The molecule has 0 saturated heterocycles. The van der Waals surface area contributed by atoms with Crippen molar-refractivity contribution in [2.45, 2.75) is 0 Å². The van der Waals surface area contributed by atoms with Crippen molar-refractivity contribution in [1.82, 2.24) is 0 Å². The van der Waals surface area contributed by atoms with Crippen LogP contribution in [-0.2, 0) is 0 Å². The Labute approximate surface area is 76.1 Å². The van der Waals surface area contributed by atoms with Gasteiger partial charge in [-0.3, -0.25) is 0 Å². The molecule has 0 radical (unpaired) electrons. The smallest absolute Gasteiger partial charge is 0.493 e. The van der Waals surface area contributed by atoms with Crippen molar-refractivity contribution in [2.75, 3.05) is 7.11 Å². The Kier molecular flexibility index (Phi) is 2.90. The summed E-state index contributed by atoms with van der Waals surface area (Å²) in [6.07, 6.45) is 0.